The van der Waals surface area contributed by atoms with E-state index < -0.39 is 15.9 Å². The zero-order valence-electron chi connectivity index (χ0n) is 18.1. The summed E-state index contributed by atoms with van der Waals surface area (Å²) >= 11 is 0. The van der Waals surface area contributed by atoms with Crippen LogP contribution in [0.3, 0.4) is 0 Å². The molecule has 4 aromatic carbocycles. The van der Waals surface area contributed by atoms with E-state index in [1.807, 2.05) is 43.3 Å². The lowest BCUT2D eigenvalue weighted by Gasteiger charge is -2.24. The van der Waals surface area contributed by atoms with Crippen LogP contribution in [0.2, 0.25) is 0 Å². The van der Waals surface area contributed by atoms with Crippen LogP contribution >= 0.6 is 0 Å². The maximum Gasteiger partial charge on any atom is 0.264 e. The van der Waals surface area contributed by atoms with E-state index in [2.05, 4.69) is 5.32 Å². The molecule has 0 aromatic heterocycles. The monoisotopic (exact) mass is 460 g/mol. The first-order valence-electron chi connectivity index (χ1n) is 10.6. The number of nitrogens with one attached hydrogen (secondary N) is 1. The van der Waals surface area contributed by atoms with Gasteiger partial charge in [0.2, 0.25) is 5.91 Å². The molecule has 0 heterocycles. The highest BCUT2D eigenvalue weighted by Gasteiger charge is 2.27. The lowest BCUT2D eigenvalue weighted by atomic mass is 10.1. The van der Waals surface area contributed by atoms with Gasteiger partial charge < -0.3 is 10.1 Å². The van der Waals surface area contributed by atoms with Gasteiger partial charge in [-0.15, -0.1) is 0 Å². The van der Waals surface area contributed by atoms with Crippen LogP contribution in [0, 0.1) is 0 Å². The van der Waals surface area contributed by atoms with Gasteiger partial charge >= 0.3 is 0 Å². The normalized spacial score (nSPS) is 11.2. The number of hydrogen-bond acceptors (Lipinski definition) is 4. The van der Waals surface area contributed by atoms with E-state index in [4.69, 9.17) is 4.74 Å². The lowest BCUT2D eigenvalue weighted by molar-refractivity contribution is -0.114. The first kappa shape index (κ1) is 22.4. The molecule has 4 aromatic rings. The van der Waals surface area contributed by atoms with Crippen LogP contribution in [0.25, 0.3) is 10.8 Å². The number of fused-ring (bicyclic) bond motifs is 1. The number of ether oxygens (including phenoxy) is 1. The van der Waals surface area contributed by atoms with Crippen molar-refractivity contribution in [2.45, 2.75) is 11.8 Å². The Morgan fingerprint density at radius 3 is 2.24 bits per heavy atom. The molecule has 0 fully saturated rings. The quantitative estimate of drug-likeness (QED) is 0.398. The minimum Gasteiger partial charge on any atom is -0.494 e. The summed E-state index contributed by atoms with van der Waals surface area (Å²) in [6.07, 6.45) is 0. The summed E-state index contributed by atoms with van der Waals surface area (Å²) in [6.45, 7) is 1.97. The van der Waals surface area contributed by atoms with Gasteiger partial charge in [-0.2, -0.15) is 0 Å². The van der Waals surface area contributed by atoms with Crippen LogP contribution in [0.15, 0.2) is 102 Å². The molecular formula is C26H24N2O4S. The van der Waals surface area contributed by atoms with E-state index in [1.54, 1.807) is 48.5 Å². The molecule has 0 saturated carbocycles. The van der Waals surface area contributed by atoms with Crippen LogP contribution < -0.4 is 14.4 Å². The van der Waals surface area contributed by atoms with Crippen LogP contribution in [0.5, 0.6) is 5.75 Å². The number of anilines is 2. The maximum absolute atomic E-state index is 13.5. The summed E-state index contributed by atoms with van der Waals surface area (Å²) in [7, 11) is -4.00. The van der Waals surface area contributed by atoms with E-state index in [9.17, 15) is 13.2 Å². The molecule has 0 radical (unpaired) electrons. The minimum absolute atomic E-state index is 0.0766. The van der Waals surface area contributed by atoms with Gasteiger partial charge in [0.15, 0.2) is 0 Å². The summed E-state index contributed by atoms with van der Waals surface area (Å²) in [4.78, 5) is 13.1. The molecule has 33 heavy (non-hydrogen) atoms. The van der Waals surface area contributed by atoms with Gasteiger partial charge in [0.25, 0.3) is 10.0 Å². The molecule has 0 bridgehead atoms. The van der Waals surface area contributed by atoms with Gasteiger partial charge in [-0.05, 0) is 54.8 Å². The minimum atomic E-state index is -4.00. The van der Waals surface area contributed by atoms with Crippen molar-refractivity contribution in [3.8, 4) is 5.75 Å². The Bertz CT molecular complexity index is 1350. The fourth-order valence-corrected chi connectivity index (χ4v) is 4.99. The lowest BCUT2D eigenvalue weighted by Crippen LogP contribution is -2.38. The Kier molecular flexibility index (Phi) is 6.60. The first-order valence-corrected chi connectivity index (χ1v) is 12.0. The molecule has 0 aliphatic heterocycles. The standard InChI is InChI=1S/C26H24N2O4S/c1-2-32-22-15-17-23(18-16-22)33(30,31)28(21-11-4-3-5-12-21)19-26(29)27-25-14-8-10-20-9-6-7-13-24(20)25/h3-18H,2,19H2,1H3,(H,27,29). The van der Waals surface area contributed by atoms with Gasteiger partial charge in [-0.1, -0.05) is 54.6 Å². The van der Waals surface area contributed by atoms with Gasteiger partial charge in [-0.3, -0.25) is 9.10 Å². The summed E-state index contributed by atoms with van der Waals surface area (Å²) in [5.74, 6) is 0.140. The Hall–Kier alpha value is -3.84. The van der Waals surface area contributed by atoms with Crippen molar-refractivity contribution in [1.82, 2.24) is 0 Å². The molecule has 1 N–H and O–H groups in total. The fourth-order valence-electron chi connectivity index (χ4n) is 3.57. The molecular weight excluding hydrogens is 436 g/mol. The molecule has 7 heteroatoms. The van der Waals surface area contributed by atoms with Gasteiger partial charge in [0.05, 0.1) is 17.2 Å². The molecule has 0 spiro atoms. The van der Waals surface area contributed by atoms with E-state index in [-0.39, 0.29) is 11.4 Å². The number of sulfonamides is 1. The molecule has 0 atom stereocenters. The second-order valence-electron chi connectivity index (χ2n) is 7.33. The average molecular weight is 461 g/mol. The largest absolute Gasteiger partial charge is 0.494 e. The number of para-hydroxylation sites is 1. The number of hydrogen-bond donors (Lipinski definition) is 1. The molecule has 0 saturated heterocycles. The van der Waals surface area contributed by atoms with Crippen molar-refractivity contribution >= 4 is 38.1 Å². The fraction of sp³-hybridized carbons (Fsp3) is 0.115. The molecule has 0 unspecified atom stereocenters. The summed E-state index contributed by atoms with van der Waals surface area (Å²) in [5, 5.41) is 4.74. The average Bonchev–Trinajstić information content (AvgIpc) is 2.84. The third kappa shape index (κ3) is 4.99. The van der Waals surface area contributed by atoms with Crippen molar-refractivity contribution < 1.29 is 17.9 Å². The van der Waals surface area contributed by atoms with E-state index in [1.165, 1.54) is 12.1 Å². The van der Waals surface area contributed by atoms with Crippen LogP contribution in [0.1, 0.15) is 6.92 Å². The maximum atomic E-state index is 13.5. The van der Waals surface area contributed by atoms with Crippen molar-refractivity contribution in [1.29, 1.82) is 0 Å². The predicted molar refractivity (Wildman–Crippen MR) is 131 cm³/mol. The summed E-state index contributed by atoms with van der Waals surface area (Å²) < 4.78 is 33.5. The van der Waals surface area contributed by atoms with E-state index in [0.717, 1.165) is 15.1 Å². The van der Waals surface area contributed by atoms with Crippen LogP contribution in [-0.2, 0) is 14.8 Å². The number of benzene rings is 4. The number of nitrogens with zero attached hydrogens (tertiary/aromatic N) is 1. The zero-order chi connectivity index (χ0) is 23.3. The number of amides is 1. The third-order valence-electron chi connectivity index (χ3n) is 5.12. The summed E-state index contributed by atoms with van der Waals surface area (Å²) in [5.41, 5.74) is 1.03. The molecule has 6 nitrogen and oxygen atoms in total. The topological polar surface area (TPSA) is 75.7 Å². The molecule has 168 valence electrons. The predicted octanol–water partition coefficient (Wildman–Crippen LogP) is 5.07. The first-order chi connectivity index (χ1) is 16.0. The summed E-state index contributed by atoms with van der Waals surface area (Å²) in [6, 6.07) is 28.1. The number of carbonyl (C=O) groups is 1. The van der Waals surface area contributed by atoms with Crippen molar-refractivity contribution in [2.75, 3.05) is 22.8 Å². The second kappa shape index (κ2) is 9.75. The molecule has 4 rings (SSSR count). The second-order valence-corrected chi connectivity index (χ2v) is 9.19. The molecule has 0 aliphatic carbocycles. The highest BCUT2D eigenvalue weighted by atomic mass is 32.2. The zero-order valence-corrected chi connectivity index (χ0v) is 19.0. The Labute approximate surface area is 193 Å². The Morgan fingerprint density at radius 1 is 0.848 bits per heavy atom. The van der Waals surface area contributed by atoms with Crippen molar-refractivity contribution in [3.05, 3.63) is 97.1 Å². The highest BCUT2D eigenvalue weighted by molar-refractivity contribution is 7.92. The number of rotatable bonds is 8. The Morgan fingerprint density at radius 2 is 1.52 bits per heavy atom. The molecule has 0 aliphatic rings. The third-order valence-corrected chi connectivity index (χ3v) is 6.91. The number of carbonyl (C=O) groups excluding carboxylic acids is 1. The van der Waals surface area contributed by atoms with Gasteiger partial charge in [0, 0.05) is 11.1 Å². The Balaban J connectivity index is 1.64. The van der Waals surface area contributed by atoms with Crippen LogP contribution in [-0.4, -0.2) is 27.5 Å². The smallest absolute Gasteiger partial charge is 0.264 e. The van der Waals surface area contributed by atoms with Gasteiger partial charge in [-0.25, -0.2) is 8.42 Å². The van der Waals surface area contributed by atoms with Crippen molar-refractivity contribution in [2.24, 2.45) is 0 Å². The highest BCUT2D eigenvalue weighted by Crippen LogP contribution is 2.26. The SMILES string of the molecule is CCOc1ccc(S(=O)(=O)N(CC(=O)Nc2cccc3ccccc23)c2ccccc2)cc1. The van der Waals surface area contributed by atoms with E-state index in [0.29, 0.717) is 23.7 Å². The van der Waals surface area contributed by atoms with Crippen LogP contribution in [0.4, 0.5) is 11.4 Å². The van der Waals surface area contributed by atoms with Gasteiger partial charge in [0.1, 0.15) is 12.3 Å². The van der Waals surface area contributed by atoms with Crippen molar-refractivity contribution in [3.63, 3.8) is 0 Å². The van der Waals surface area contributed by atoms with E-state index >= 15 is 0 Å². The molecule has 1 amide bonds.